The minimum absolute atomic E-state index is 0.145. The van der Waals surface area contributed by atoms with Crippen molar-refractivity contribution in [2.75, 3.05) is 44.7 Å². The fourth-order valence-corrected chi connectivity index (χ4v) is 2.22. The summed E-state index contributed by atoms with van der Waals surface area (Å²) >= 11 is 0. The third-order valence-electron chi connectivity index (χ3n) is 3.72. The first-order valence-electron chi connectivity index (χ1n) is 7.61. The molecular formula is C15H25N5O. The van der Waals surface area contributed by atoms with E-state index in [0.717, 1.165) is 38.4 Å². The number of nitrogens with zero attached hydrogens (tertiary/aromatic N) is 4. The number of nitrogens with one attached hydrogen (secondary N) is 1. The Kier molecular flexibility index (Phi) is 5.50. The molecule has 1 fully saturated rings. The van der Waals surface area contributed by atoms with Gasteiger partial charge in [0.1, 0.15) is 0 Å². The molecule has 1 saturated heterocycles. The predicted octanol–water partition coefficient (Wildman–Crippen LogP) is 1.00. The van der Waals surface area contributed by atoms with Crippen LogP contribution in [-0.2, 0) is 0 Å². The van der Waals surface area contributed by atoms with Gasteiger partial charge in [0.25, 0.3) is 5.91 Å². The first-order chi connectivity index (χ1) is 10.1. The van der Waals surface area contributed by atoms with E-state index >= 15 is 0 Å². The van der Waals surface area contributed by atoms with Gasteiger partial charge < -0.3 is 15.1 Å². The quantitative estimate of drug-likeness (QED) is 0.877. The van der Waals surface area contributed by atoms with Gasteiger partial charge in [-0.1, -0.05) is 13.8 Å². The van der Waals surface area contributed by atoms with Gasteiger partial charge in [0.2, 0.25) is 0 Å². The molecule has 1 N–H and O–H groups in total. The maximum Gasteiger partial charge on any atom is 0.271 e. The zero-order valence-electron chi connectivity index (χ0n) is 13.2. The van der Waals surface area contributed by atoms with E-state index in [1.165, 1.54) is 0 Å². The summed E-state index contributed by atoms with van der Waals surface area (Å²) < 4.78 is 0. The molecule has 0 aromatic carbocycles. The Morgan fingerprint density at radius 1 is 1.24 bits per heavy atom. The van der Waals surface area contributed by atoms with Crippen LogP contribution < -0.4 is 10.2 Å². The first kappa shape index (κ1) is 15.7. The summed E-state index contributed by atoms with van der Waals surface area (Å²) in [7, 11) is 2.12. The summed E-state index contributed by atoms with van der Waals surface area (Å²) in [5.74, 6) is 1.28. The highest BCUT2D eigenvalue weighted by Crippen LogP contribution is 2.12. The molecule has 0 aliphatic carbocycles. The Labute approximate surface area is 126 Å². The second kappa shape index (κ2) is 7.36. The second-order valence-electron chi connectivity index (χ2n) is 6.01. The van der Waals surface area contributed by atoms with E-state index < -0.39 is 0 Å². The highest BCUT2D eigenvalue weighted by molar-refractivity contribution is 5.92. The molecule has 1 aromatic heterocycles. The standard InChI is InChI=1S/C15H25N5O/c1-12(2)6-7-16-15(21)13-4-5-14(18-17-13)20-10-8-19(3)9-11-20/h4-5,12H,6-11H2,1-3H3,(H,16,21). The number of piperazine rings is 1. The Morgan fingerprint density at radius 2 is 1.95 bits per heavy atom. The van der Waals surface area contributed by atoms with Crippen molar-refractivity contribution in [3.8, 4) is 0 Å². The number of likely N-dealkylation sites (N-methyl/N-ethyl adjacent to an activating group) is 1. The third kappa shape index (κ3) is 4.67. The maximum atomic E-state index is 11.9. The minimum atomic E-state index is -0.145. The van der Waals surface area contributed by atoms with Crippen LogP contribution >= 0.6 is 0 Å². The SMILES string of the molecule is CC(C)CCNC(=O)c1ccc(N2CCN(C)CC2)nn1. The Hall–Kier alpha value is -1.69. The van der Waals surface area contributed by atoms with E-state index in [1.807, 2.05) is 6.07 Å². The number of hydrogen-bond donors (Lipinski definition) is 1. The molecular weight excluding hydrogens is 266 g/mol. The zero-order chi connectivity index (χ0) is 15.2. The normalized spacial score (nSPS) is 16.3. The van der Waals surface area contributed by atoms with Crippen LogP contribution in [0.5, 0.6) is 0 Å². The van der Waals surface area contributed by atoms with Crippen LogP contribution in [0.15, 0.2) is 12.1 Å². The van der Waals surface area contributed by atoms with Crippen molar-refractivity contribution >= 4 is 11.7 Å². The van der Waals surface area contributed by atoms with E-state index in [1.54, 1.807) is 6.07 Å². The molecule has 1 aliphatic heterocycles. The van der Waals surface area contributed by atoms with Crippen molar-refractivity contribution in [2.24, 2.45) is 5.92 Å². The topological polar surface area (TPSA) is 61.4 Å². The summed E-state index contributed by atoms with van der Waals surface area (Å²) in [4.78, 5) is 16.4. The average Bonchev–Trinajstić information content (AvgIpc) is 2.48. The Balaban J connectivity index is 1.88. The highest BCUT2D eigenvalue weighted by atomic mass is 16.1. The van der Waals surface area contributed by atoms with Gasteiger partial charge in [-0.15, -0.1) is 10.2 Å². The van der Waals surface area contributed by atoms with Crippen LogP contribution in [-0.4, -0.2) is 60.8 Å². The first-order valence-corrected chi connectivity index (χ1v) is 7.61. The minimum Gasteiger partial charge on any atom is -0.353 e. The van der Waals surface area contributed by atoms with Gasteiger partial charge in [-0.3, -0.25) is 4.79 Å². The number of hydrogen-bond acceptors (Lipinski definition) is 5. The molecule has 2 rings (SSSR count). The molecule has 0 unspecified atom stereocenters. The molecule has 21 heavy (non-hydrogen) atoms. The molecule has 1 aliphatic rings. The van der Waals surface area contributed by atoms with Crippen LogP contribution in [0.3, 0.4) is 0 Å². The largest absolute Gasteiger partial charge is 0.353 e. The van der Waals surface area contributed by atoms with Gasteiger partial charge in [0, 0.05) is 32.7 Å². The summed E-state index contributed by atoms with van der Waals surface area (Å²) in [6.07, 6.45) is 0.971. The van der Waals surface area contributed by atoms with Crippen molar-refractivity contribution < 1.29 is 4.79 Å². The number of carbonyl (C=O) groups is 1. The van der Waals surface area contributed by atoms with E-state index in [9.17, 15) is 4.79 Å². The lowest BCUT2D eigenvalue weighted by molar-refractivity contribution is 0.0946. The smallest absolute Gasteiger partial charge is 0.271 e. The average molecular weight is 291 g/mol. The molecule has 0 atom stereocenters. The van der Waals surface area contributed by atoms with Crippen molar-refractivity contribution in [3.63, 3.8) is 0 Å². The number of rotatable bonds is 5. The Morgan fingerprint density at radius 3 is 2.52 bits per heavy atom. The summed E-state index contributed by atoms with van der Waals surface area (Å²) in [6.45, 7) is 8.90. The van der Waals surface area contributed by atoms with Crippen LogP contribution in [0.25, 0.3) is 0 Å². The maximum absolute atomic E-state index is 11.9. The molecule has 6 nitrogen and oxygen atoms in total. The number of carbonyl (C=O) groups excluding carboxylic acids is 1. The lowest BCUT2D eigenvalue weighted by Crippen LogP contribution is -2.44. The van der Waals surface area contributed by atoms with Gasteiger partial charge >= 0.3 is 0 Å². The van der Waals surface area contributed by atoms with Gasteiger partial charge in [0.05, 0.1) is 0 Å². The second-order valence-corrected chi connectivity index (χ2v) is 6.01. The van der Waals surface area contributed by atoms with Crippen LogP contribution in [0.2, 0.25) is 0 Å². The lowest BCUT2D eigenvalue weighted by Gasteiger charge is -2.32. The van der Waals surface area contributed by atoms with Crippen molar-refractivity contribution in [2.45, 2.75) is 20.3 Å². The van der Waals surface area contributed by atoms with Gasteiger partial charge in [-0.25, -0.2) is 0 Å². The Bertz CT molecular complexity index is 452. The van der Waals surface area contributed by atoms with Crippen molar-refractivity contribution in [3.05, 3.63) is 17.8 Å². The third-order valence-corrected chi connectivity index (χ3v) is 3.72. The summed E-state index contributed by atoms with van der Waals surface area (Å²) in [5, 5.41) is 11.1. The summed E-state index contributed by atoms with van der Waals surface area (Å²) in [5.41, 5.74) is 0.386. The van der Waals surface area contributed by atoms with Gasteiger partial charge in [0.15, 0.2) is 11.5 Å². The highest BCUT2D eigenvalue weighted by Gasteiger charge is 2.16. The van der Waals surface area contributed by atoms with E-state index in [0.29, 0.717) is 18.2 Å². The number of amides is 1. The summed E-state index contributed by atoms with van der Waals surface area (Å²) in [6, 6.07) is 3.64. The number of anilines is 1. The molecule has 116 valence electrons. The van der Waals surface area contributed by atoms with Crippen molar-refractivity contribution in [1.82, 2.24) is 20.4 Å². The van der Waals surface area contributed by atoms with Crippen LogP contribution in [0.1, 0.15) is 30.8 Å². The molecule has 2 heterocycles. The molecule has 6 heteroatoms. The predicted molar refractivity (Wildman–Crippen MR) is 83.5 cm³/mol. The van der Waals surface area contributed by atoms with Crippen LogP contribution in [0.4, 0.5) is 5.82 Å². The van der Waals surface area contributed by atoms with Gasteiger partial charge in [-0.2, -0.15) is 0 Å². The molecule has 0 saturated carbocycles. The fourth-order valence-electron chi connectivity index (χ4n) is 2.22. The zero-order valence-corrected chi connectivity index (χ0v) is 13.2. The van der Waals surface area contributed by atoms with Gasteiger partial charge in [-0.05, 0) is 31.5 Å². The van der Waals surface area contributed by atoms with E-state index in [2.05, 4.69) is 46.2 Å². The number of aromatic nitrogens is 2. The van der Waals surface area contributed by atoms with E-state index in [-0.39, 0.29) is 5.91 Å². The monoisotopic (exact) mass is 291 g/mol. The molecule has 0 bridgehead atoms. The fraction of sp³-hybridized carbons (Fsp3) is 0.667. The molecule has 0 radical (unpaired) electrons. The van der Waals surface area contributed by atoms with Crippen molar-refractivity contribution in [1.29, 1.82) is 0 Å². The lowest BCUT2D eigenvalue weighted by atomic mass is 10.1. The molecule has 1 aromatic rings. The molecule has 0 spiro atoms. The molecule has 1 amide bonds. The van der Waals surface area contributed by atoms with Crippen LogP contribution in [0, 0.1) is 5.92 Å². The van der Waals surface area contributed by atoms with E-state index in [4.69, 9.17) is 0 Å².